The van der Waals surface area contributed by atoms with E-state index in [1.165, 1.54) is 6.07 Å². The van der Waals surface area contributed by atoms with Gasteiger partial charge in [0.25, 0.3) is 0 Å². The number of hydrogen-bond acceptors (Lipinski definition) is 2. The number of halogens is 3. The van der Waals surface area contributed by atoms with Crippen molar-refractivity contribution < 1.29 is 18.3 Å². The van der Waals surface area contributed by atoms with Gasteiger partial charge in [-0.15, -0.1) is 0 Å². The van der Waals surface area contributed by atoms with Crippen molar-refractivity contribution in [3.63, 3.8) is 0 Å². The van der Waals surface area contributed by atoms with Crippen LogP contribution in [0.25, 0.3) is 0 Å². The molecule has 1 aromatic rings. The zero-order valence-corrected chi connectivity index (χ0v) is 7.62. The summed E-state index contributed by atoms with van der Waals surface area (Å²) in [7, 11) is 1.69. The lowest BCUT2D eigenvalue weighted by molar-refractivity contribution is -0.205. The van der Waals surface area contributed by atoms with E-state index in [1.54, 1.807) is 20.2 Å². The second-order valence-corrected chi connectivity index (χ2v) is 3.62. The molecular weight excluding hydrogens is 200 g/mol. The Hall–Kier alpha value is -0.485. The summed E-state index contributed by atoms with van der Waals surface area (Å²) in [5, 5.41) is 8.84. The summed E-state index contributed by atoms with van der Waals surface area (Å²) in [6, 6.07) is 2.84. The third-order valence-electron chi connectivity index (χ3n) is 1.51. The van der Waals surface area contributed by atoms with Crippen LogP contribution < -0.4 is 4.78 Å². The number of hydrogen-bond donors (Lipinski definition) is 1. The molecule has 1 heterocycles. The fourth-order valence-corrected chi connectivity index (χ4v) is 1.74. The Kier molecular flexibility index (Phi) is 3.03. The van der Waals surface area contributed by atoms with Crippen molar-refractivity contribution in [2.45, 2.75) is 19.1 Å². The van der Waals surface area contributed by atoms with E-state index in [0.29, 0.717) is 0 Å². The van der Waals surface area contributed by atoms with Gasteiger partial charge in [0.2, 0.25) is 0 Å². The van der Waals surface area contributed by atoms with E-state index >= 15 is 0 Å². The first-order valence-electron chi connectivity index (χ1n) is 3.59. The monoisotopic (exact) mass is 207 g/mol. The fraction of sp³-hybridized carbons (Fsp3) is 0.429. The SMILES string of the molecule is C[B]c1ccc(C(O)C(F)(F)F)s1. The molecule has 6 heteroatoms. The van der Waals surface area contributed by atoms with Crippen LogP contribution in [0.1, 0.15) is 11.0 Å². The number of alkyl halides is 3. The topological polar surface area (TPSA) is 20.2 Å². The van der Waals surface area contributed by atoms with Crippen LogP contribution in [0.5, 0.6) is 0 Å². The molecule has 1 nitrogen and oxygen atoms in total. The molecular formula is C7H7BF3OS. The van der Waals surface area contributed by atoms with Gasteiger partial charge in [-0.2, -0.15) is 24.5 Å². The molecule has 71 valence electrons. The van der Waals surface area contributed by atoms with E-state index in [2.05, 4.69) is 0 Å². The zero-order valence-electron chi connectivity index (χ0n) is 6.80. The van der Waals surface area contributed by atoms with Crippen LogP contribution >= 0.6 is 11.3 Å². The van der Waals surface area contributed by atoms with Crippen LogP contribution in [-0.2, 0) is 0 Å². The summed E-state index contributed by atoms with van der Waals surface area (Å²) in [6.07, 6.45) is -6.93. The summed E-state index contributed by atoms with van der Waals surface area (Å²) in [5.74, 6) is 0. The highest BCUT2D eigenvalue weighted by Crippen LogP contribution is 2.33. The quantitative estimate of drug-likeness (QED) is 0.732. The minimum absolute atomic E-state index is 0.0689. The van der Waals surface area contributed by atoms with E-state index in [9.17, 15) is 13.2 Å². The molecule has 0 saturated carbocycles. The van der Waals surface area contributed by atoms with Gasteiger partial charge in [-0.1, -0.05) is 12.9 Å². The van der Waals surface area contributed by atoms with E-state index in [1.807, 2.05) is 0 Å². The van der Waals surface area contributed by atoms with E-state index < -0.39 is 12.3 Å². The maximum Gasteiger partial charge on any atom is 0.419 e. The molecule has 0 aliphatic carbocycles. The van der Waals surface area contributed by atoms with Crippen LogP contribution in [0, 0.1) is 0 Å². The van der Waals surface area contributed by atoms with Crippen molar-refractivity contribution in [2.24, 2.45) is 0 Å². The first-order chi connectivity index (χ1) is 5.95. The summed E-state index contributed by atoms with van der Waals surface area (Å²) < 4.78 is 36.7. The average molecular weight is 207 g/mol. The van der Waals surface area contributed by atoms with Crippen molar-refractivity contribution in [2.75, 3.05) is 0 Å². The predicted molar refractivity (Wildman–Crippen MR) is 46.6 cm³/mol. The van der Waals surface area contributed by atoms with Gasteiger partial charge in [-0.25, -0.2) is 0 Å². The first kappa shape index (κ1) is 10.6. The molecule has 1 aromatic heterocycles. The zero-order chi connectivity index (χ0) is 10.1. The van der Waals surface area contributed by atoms with Gasteiger partial charge in [0.15, 0.2) is 13.4 Å². The Morgan fingerprint density at radius 2 is 2.08 bits per heavy atom. The molecule has 1 rings (SSSR count). The normalized spacial score (nSPS) is 14.2. The van der Waals surface area contributed by atoms with Crippen molar-refractivity contribution in [1.29, 1.82) is 0 Å². The second-order valence-electron chi connectivity index (χ2n) is 2.47. The molecule has 13 heavy (non-hydrogen) atoms. The number of rotatable bonds is 2. The van der Waals surface area contributed by atoms with Gasteiger partial charge in [0, 0.05) is 4.88 Å². The maximum absolute atomic E-state index is 12.0. The van der Waals surface area contributed by atoms with E-state index in [4.69, 9.17) is 5.11 Å². The summed E-state index contributed by atoms with van der Waals surface area (Å²) in [6.45, 7) is 1.73. The number of aliphatic hydroxyl groups is 1. The number of aliphatic hydroxyl groups excluding tert-OH is 1. The summed E-state index contributed by atoms with van der Waals surface area (Å²) in [4.78, 5) is -0.0689. The lowest BCUT2D eigenvalue weighted by atomic mass is 9.81. The van der Waals surface area contributed by atoms with Gasteiger partial charge in [0.1, 0.15) is 0 Å². The maximum atomic E-state index is 12.0. The molecule has 0 aromatic carbocycles. The molecule has 1 N–H and O–H groups in total. The van der Waals surface area contributed by atoms with Crippen molar-refractivity contribution >= 4 is 23.4 Å². The van der Waals surface area contributed by atoms with Gasteiger partial charge < -0.3 is 5.11 Å². The fourth-order valence-electron chi connectivity index (χ4n) is 0.832. The van der Waals surface area contributed by atoms with Crippen LogP contribution in [-0.4, -0.2) is 18.6 Å². The minimum atomic E-state index is -4.57. The molecule has 0 fully saturated rings. The van der Waals surface area contributed by atoms with Crippen molar-refractivity contribution in [3.05, 3.63) is 17.0 Å². The number of thiophene rings is 1. The first-order valence-corrected chi connectivity index (χ1v) is 4.40. The average Bonchev–Trinajstić information content (AvgIpc) is 2.48. The second kappa shape index (κ2) is 3.71. The van der Waals surface area contributed by atoms with Crippen molar-refractivity contribution in [1.82, 2.24) is 0 Å². The Bertz CT molecular complexity index is 284. The van der Waals surface area contributed by atoms with Gasteiger partial charge in [0.05, 0.1) is 0 Å². The van der Waals surface area contributed by atoms with Crippen LogP contribution in [0.4, 0.5) is 13.2 Å². The highest BCUT2D eigenvalue weighted by molar-refractivity contribution is 7.21. The highest BCUT2D eigenvalue weighted by Gasteiger charge is 2.40. The Morgan fingerprint density at radius 3 is 2.46 bits per heavy atom. The standard InChI is InChI=1S/C7H7BF3OS/c1-8-5-3-2-4(13-5)6(12)7(9,10)11/h2-3,6,12H,1H3. The summed E-state index contributed by atoms with van der Waals surface area (Å²) >= 11 is 0.942. The minimum Gasteiger partial charge on any atom is -0.379 e. The van der Waals surface area contributed by atoms with Crippen LogP contribution in [0.3, 0.4) is 0 Å². The Balaban J connectivity index is 2.83. The molecule has 1 radical (unpaired) electrons. The molecule has 0 bridgehead atoms. The van der Waals surface area contributed by atoms with Gasteiger partial charge in [-0.05, 0) is 10.8 Å². The molecule has 0 amide bonds. The molecule has 1 unspecified atom stereocenters. The van der Waals surface area contributed by atoms with E-state index in [-0.39, 0.29) is 4.88 Å². The third kappa shape index (κ3) is 2.48. The van der Waals surface area contributed by atoms with Gasteiger partial charge in [-0.3, -0.25) is 0 Å². The summed E-state index contributed by atoms with van der Waals surface area (Å²) in [5.41, 5.74) is 0. The Labute approximate surface area is 78.4 Å². The molecule has 0 saturated heterocycles. The highest BCUT2D eigenvalue weighted by atomic mass is 32.1. The van der Waals surface area contributed by atoms with Crippen LogP contribution in [0.2, 0.25) is 6.82 Å². The molecule has 1 atom stereocenters. The van der Waals surface area contributed by atoms with Gasteiger partial charge >= 0.3 is 6.18 Å². The lowest BCUT2D eigenvalue weighted by Crippen LogP contribution is -2.19. The molecule has 0 spiro atoms. The lowest BCUT2D eigenvalue weighted by Gasteiger charge is -2.11. The predicted octanol–water partition coefficient (Wildman–Crippen LogP) is 1.72. The largest absolute Gasteiger partial charge is 0.419 e. The van der Waals surface area contributed by atoms with E-state index in [0.717, 1.165) is 16.1 Å². The molecule has 0 aliphatic heterocycles. The van der Waals surface area contributed by atoms with Crippen molar-refractivity contribution in [3.8, 4) is 0 Å². The third-order valence-corrected chi connectivity index (χ3v) is 2.71. The smallest absolute Gasteiger partial charge is 0.379 e. The van der Waals surface area contributed by atoms with Crippen LogP contribution in [0.15, 0.2) is 12.1 Å². The molecule has 0 aliphatic rings. The Morgan fingerprint density at radius 1 is 1.46 bits per heavy atom.